The van der Waals surface area contributed by atoms with Crippen molar-refractivity contribution in [3.8, 4) is 11.3 Å². The zero-order valence-corrected chi connectivity index (χ0v) is 23.9. The molecule has 0 radical (unpaired) electrons. The van der Waals surface area contributed by atoms with Crippen LogP contribution in [0.4, 0.5) is 5.82 Å². The van der Waals surface area contributed by atoms with Crippen LogP contribution in [0.5, 0.6) is 0 Å². The standard InChI is InChI=1S/C30H39N3O5S/c1-20-12-14-22(15-13-20)27-26(29(36)31-2)24-19-23(21-16-17-21)28(32-30(24)38-27)33(39(3)37)18-10-8-6-4-5-7-9-11-25(34)35/h12-15,19,21H,4-11,16-18H2,1-3H3,(H,31,36)(H,34,35). The van der Waals surface area contributed by atoms with E-state index < -0.39 is 17.3 Å². The number of nitrogens with zero attached hydrogens (tertiary/aromatic N) is 2. The summed E-state index contributed by atoms with van der Waals surface area (Å²) in [4.78, 5) is 28.5. The molecule has 1 atom stereocenters. The minimum Gasteiger partial charge on any atom is -0.593 e. The number of anilines is 1. The molecule has 1 aliphatic carbocycles. The van der Waals surface area contributed by atoms with Crippen molar-refractivity contribution in [2.45, 2.75) is 77.0 Å². The van der Waals surface area contributed by atoms with Crippen molar-refractivity contribution in [3.05, 3.63) is 47.0 Å². The number of hydrogen-bond donors (Lipinski definition) is 2. The van der Waals surface area contributed by atoms with Gasteiger partial charge in [0.1, 0.15) is 12.0 Å². The molecule has 1 aliphatic rings. The molecule has 4 rings (SSSR count). The average molecular weight is 554 g/mol. The number of amides is 1. The van der Waals surface area contributed by atoms with Gasteiger partial charge >= 0.3 is 5.97 Å². The van der Waals surface area contributed by atoms with Gasteiger partial charge in [-0.2, -0.15) is 9.29 Å². The van der Waals surface area contributed by atoms with Gasteiger partial charge in [0.2, 0.25) is 5.71 Å². The van der Waals surface area contributed by atoms with E-state index in [2.05, 4.69) is 5.32 Å². The molecular weight excluding hydrogens is 514 g/mol. The Balaban J connectivity index is 1.55. The number of aliphatic carboxylic acids is 1. The number of carbonyl (C=O) groups excluding carboxylic acids is 1. The molecule has 1 unspecified atom stereocenters. The topological polar surface area (TPSA) is 119 Å². The minimum absolute atomic E-state index is 0.223. The Morgan fingerprint density at radius 3 is 2.33 bits per heavy atom. The number of nitrogens with one attached hydrogen (secondary N) is 1. The van der Waals surface area contributed by atoms with Gasteiger partial charge in [0, 0.05) is 24.6 Å². The van der Waals surface area contributed by atoms with E-state index in [1.807, 2.05) is 41.6 Å². The Morgan fingerprint density at radius 1 is 1.10 bits per heavy atom. The first-order valence-electron chi connectivity index (χ1n) is 13.9. The number of aryl methyl sites for hydroxylation is 1. The summed E-state index contributed by atoms with van der Waals surface area (Å²) in [5.74, 6) is 0.560. The summed E-state index contributed by atoms with van der Waals surface area (Å²) in [7, 11) is 1.61. The number of fused-ring (bicyclic) bond motifs is 1. The normalized spacial score (nSPS) is 13.9. The highest BCUT2D eigenvalue weighted by molar-refractivity contribution is 7.92. The van der Waals surface area contributed by atoms with E-state index in [-0.39, 0.29) is 12.3 Å². The minimum atomic E-state index is -1.27. The highest BCUT2D eigenvalue weighted by Crippen LogP contribution is 2.46. The highest BCUT2D eigenvalue weighted by Gasteiger charge is 2.34. The molecule has 2 aromatic heterocycles. The van der Waals surface area contributed by atoms with Crippen LogP contribution in [-0.2, 0) is 16.2 Å². The monoisotopic (exact) mass is 553 g/mol. The summed E-state index contributed by atoms with van der Waals surface area (Å²) in [6, 6.07) is 9.90. The van der Waals surface area contributed by atoms with Crippen molar-refractivity contribution in [1.82, 2.24) is 10.3 Å². The first-order valence-corrected chi connectivity index (χ1v) is 15.4. The SMILES string of the molecule is CNC(=O)c1c(-c2ccc(C)cc2)oc2nc(N(CCCCCCCCCC(=O)O)[S+](C)[O-])c(C3CC3)cc12. The van der Waals surface area contributed by atoms with E-state index >= 15 is 0 Å². The fourth-order valence-corrected chi connectivity index (χ4v) is 5.73. The zero-order valence-electron chi connectivity index (χ0n) is 23.1. The van der Waals surface area contributed by atoms with Gasteiger partial charge in [-0.05, 0) is 44.6 Å². The Labute approximate surface area is 233 Å². The third-order valence-electron chi connectivity index (χ3n) is 7.27. The molecule has 1 fully saturated rings. The molecule has 2 N–H and O–H groups in total. The summed E-state index contributed by atoms with van der Waals surface area (Å²) in [5.41, 5.74) is 3.81. The molecular formula is C30H39N3O5S. The molecule has 9 heteroatoms. The number of carboxylic acids is 1. The molecule has 1 saturated carbocycles. The second-order valence-corrected chi connectivity index (χ2v) is 11.7. The number of benzene rings is 1. The first kappa shape index (κ1) is 29.0. The van der Waals surface area contributed by atoms with Crippen molar-refractivity contribution in [2.75, 3.05) is 24.2 Å². The second kappa shape index (κ2) is 13.3. The van der Waals surface area contributed by atoms with Gasteiger partial charge in [0.25, 0.3) is 5.91 Å². The Kier molecular flexibility index (Phi) is 9.91. The van der Waals surface area contributed by atoms with E-state index in [4.69, 9.17) is 14.5 Å². The molecule has 0 spiro atoms. The Bertz CT molecular complexity index is 1280. The van der Waals surface area contributed by atoms with Crippen LogP contribution >= 0.6 is 0 Å². The summed E-state index contributed by atoms with van der Waals surface area (Å²) in [6.45, 7) is 2.63. The summed E-state index contributed by atoms with van der Waals surface area (Å²) in [5, 5.41) is 12.2. The van der Waals surface area contributed by atoms with Crippen LogP contribution in [0.15, 0.2) is 34.7 Å². The van der Waals surface area contributed by atoms with E-state index in [1.165, 1.54) is 0 Å². The van der Waals surface area contributed by atoms with Crippen LogP contribution in [0.2, 0.25) is 0 Å². The molecule has 0 saturated heterocycles. The van der Waals surface area contributed by atoms with Crippen molar-refractivity contribution in [2.24, 2.45) is 0 Å². The number of rotatable bonds is 15. The van der Waals surface area contributed by atoms with E-state index in [9.17, 15) is 14.1 Å². The molecule has 1 aromatic carbocycles. The van der Waals surface area contributed by atoms with Gasteiger partial charge in [-0.3, -0.25) is 9.59 Å². The smallest absolute Gasteiger partial charge is 0.303 e. The molecule has 2 heterocycles. The average Bonchev–Trinajstić information content (AvgIpc) is 3.69. The third kappa shape index (κ3) is 7.33. The fourth-order valence-electron chi connectivity index (χ4n) is 4.95. The van der Waals surface area contributed by atoms with Gasteiger partial charge in [-0.15, -0.1) is 0 Å². The molecule has 8 nitrogen and oxygen atoms in total. The van der Waals surface area contributed by atoms with Crippen molar-refractivity contribution >= 4 is 40.2 Å². The third-order valence-corrected chi connectivity index (χ3v) is 8.25. The summed E-state index contributed by atoms with van der Waals surface area (Å²) < 4.78 is 21.0. The van der Waals surface area contributed by atoms with Gasteiger partial charge < -0.3 is 19.4 Å². The lowest BCUT2D eigenvalue weighted by Crippen LogP contribution is -2.32. The lowest BCUT2D eigenvalue weighted by molar-refractivity contribution is -0.137. The Hall–Kier alpha value is -3.04. The lowest BCUT2D eigenvalue weighted by Gasteiger charge is -2.24. The van der Waals surface area contributed by atoms with Crippen LogP contribution in [0, 0.1) is 6.92 Å². The highest BCUT2D eigenvalue weighted by atomic mass is 32.2. The maximum atomic E-state index is 13.0. The number of carboxylic acid groups (broad SMARTS) is 1. The van der Waals surface area contributed by atoms with E-state index in [0.717, 1.165) is 74.5 Å². The fraction of sp³-hybridized carbons (Fsp3) is 0.500. The number of aromatic nitrogens is 1. The van der Waals surface area contributed by atoms with Crippen LogP contribution in [-0.4, -0.2) is 46.4 Å². The number of furan rings is 1. The molecule has 0 bridgehead atoms. The number of hydrogen-bond acceptors (Lipinski definition) is 6. The van der Waals surface area contributed by atoms with Crippen molar-refractivity contribution < 1.29 is 23.7 Å². The van der Waals surface area contributed by atoms with Gasteiger partial charge in [-0.1, -0.05) is 61.9 Å². The second-order valence-electron chi connectivity index (χ2n) is 10.4. The van der Waals surface area contributed by atoms with Gasteiger partial charge in [-0.25, -0.2) is 0 Å². The molecule has 39 heavy (non-hydrogen) atoms. The maximum absolute atomic E-state index is 13.0. The number of unbranched alkanes of at least 4 members (excludes halogenated alkanes) is 6. The summed E-state index contributed by atoms with van der Waals surface area (Å²) in [6.07, 6.45) is 10.8. The number of pyridine rings is 1. The summed E-state index contributed by atoms with van der Waals surface area (Å²) >= 11 is -1.27. The largest absolute Gasteiger partial charge is 0.593 e. The predicted octanol–water partition coefficient (Wildman–Crippen LogP) is 6.35. The van der Waals surface area contributed by atoms with Gasteiger partial charge in [0.15, 0.2) is 5.82 Å². The maximum Gasteiger partial charge on any atom is 0.303 e. The Morgan fingerprint density at radius 2 is 1.74 bits per heavy atom. The van der Waals surface area contributed by atoms with Crippen LogP contribution in [0.25, 0.3) is 22.4 Å². The predicted molar refractivity (Wildman–Crippen MR) is 156 cm³/mol. The quantitative estimate of drug-likeness (QED) is 0.166. The van der Waals surface area contributed by atoms with Crippen LogP contribution in [0.3, 0.4) is 0 Å². The van der Waals surface area contributed by atoms with E-state index in [1.54, 1.807) is 13.3 Å². The van der Waals surface area contributed by atoms with Gasteiger partial charge in [0.05, 0.1) is 28.9 Å². The molecule has 0 aliphatic heterocycles. The molecule has 3 aromatic rings. The van der Waals surface area contributed by atoms with Crippen molar-refractivity contribution in [1.29, 1.82) is 0 Å². The molecule has 210 valence electrons. The first-order chi connectivity index (χ1) is 18.8. The van der Waals surface area contributed by atoms with Crippen LogP contribution < -0.4 is 9.62 Å². The number of carbonyl (C=O) groups is 2. The zero-order chi connectivity index (χ0) is 27.9. The molecule has 1 amide bonds. The van der Waals surface area contributed by atoms with Crippen molar-refractivity contribution in [3.63, 3.8) is 0 Å². The lowest BCUT2D eigenvalue weighted by atomic mass is 10.0. The van der Waals surface area contributed by atoms with Crippen LogP contribution in [0.1, 0.15) is 91.6 Å². The van der Waals surface area contributed by atoms with E-state index in [0.29, 0.717) is 40.7 Å².